The Hall–Kier alpha value is -2.16. The number of aromatic nitrogens is 1. The molecule has 0 amide bonds. The zero-order valence-corrected chi connectivity index (χ0v) is 8.93. The van der Waals surface area contributed by atoms with Gasteiger partial charge in [-0.05, 0) is 23.8 Å². The monoisotopic (exact) mass is 213 g/mol. The van der Waals surface area contributed by atoms with Crippen LogP contribution in [0.5, 0.6) is 0 Å². The number of hydrogen-bond donors (Lipinski definition) is 0. The first kappa shape index (κ1) is 10.4. The highest BCUT2D eigenvalue weighted by Gasteiger charge is 2.10. The van der Waals surface area contributed by atoms with Crippen LogP contribution in [-0.4, -0.2) is 18.1 Å². The summed E-state index contributed by atoms with van der Waals surface area (Å²) < 4.78 is 4.73. The van der Waals surface area contributed by atoms with Crippen LogP contribution in [0, 0.1) is 0 Å². The maximum absolute atomic E-state index is 11.6. The second kappa shape index (κ2) is 4.14. The Morgan fingerprint density at radius 3 is 2.94 bits per heavy atom. The molecule has 0 aliphatic heterocycles. The van der Waals surface area contributed by atoms with Gasteiger partial charge in [0.15, 0.2) is 0 Å². The van der Waals surface area contributed by atoms with E-state index in [0.29, 0.717) is 5.56 Å². The zero-order chi connectivity index (χ0) is 11.5. The molecule has 3 nitrogen and oxygen atoms in total. The number of methoxy groups -OCH3 is 1. The molecule has 0 aliphatic carbocycles. The molecule has 1 aromatic heterocycles. The Morgan fingerprint density at radius 2 is 2.25 bits per heavy atom. The van der Waals surface area contributed by atoms with Crippen molar-refractivity contribution in [2.24, 2.45) is 0 Å². The first-order valence-corrected chi connectivity index (χ1v) is 4.86. The van der Waals surface area contributed by atoms with Crippen molar-refractivity contribution in [3.05, 3.63) is 48.2 Å². The molecule has 0 bridgehead atoms. The maximum atomic E-state index is 11.6. The van der Waals surface area contributed by atoms with Crippen molar-refractivity contribution in [1.82, 2.24) is 4.98 Å². The molecule has 3 heteroatoms. The zero-order valence-electron chi connectivity index (χ0n) is 8.93. The number of esters is 1. The van der Waals surface area contributed by atoms with Crippen molar-refractivity contribution in [3.8, 4) is 0 Å². The number of rotatable bonds is 2. The van der Waals surface area contributed by atoms with Gasteiger partial charge in [-0.1, -0.05) is 18.7 Å². The SMILES string of the molecule is C=Cc1ccc2nccc(C(=O)OC)c2c1. The predicted octanol–water partition coefficient (Wildman–Crippen LogP) is 2.66. The van der Waals surface area contributed by atoms with Gasteiger partial charge in [0, 0.05) is 11.6 Å². The summed E-state index contributed by atoms with van der Waals surface area (Å²) >= 11 is 0. The van der Waals surface area contributed by atoms with Crippen LogP contribution in [-0.2, 0) is 4.74 Å². The van der Waals surface area contributed by atoms with Gasteiger partial charge in [0.25, 0.3) is 0 Å². The van der Waals surface area contributed by atoms with Crippen molar-refractivity contribution in [1.29, 1.82) is 0 Å². The number of ether oxygens (including phenoxy) is 1. The fourth-order valence-electron chi connectivity index (χ4n) is 1.58. The fourth-order valence-corrected chi connectivity index (χ4v) is 1.58. The molecule has 80 valence electrons. The molecule has 0 unspecified atom stereocenters. The number of benzene rings is 1. The number of hydrogen-bond acceptors (Lipinski definition) is 3. The third-order valence-electron chi connectivity index (χ3n) is 2.41. The molecule has 0 atom stereocenters. The van der Waals surface area contributed by atoms with E-state index in [2.05, 4.69) is 11.6 Å². The predicted molar refractivity (Wildman–Crippen MR) is 63.2 cm³/mol. The minimum absolute atomic E-state index is 0.353. The lowest BCUT2D eigenvalue weighted by Crippen LogP contribution is -2.02. The lowest BCUT2D eigenvalue weighted by Gasteiger charge is -2.04. The number of carbonyl (C=O) groups is 1. The molecular formula is C13H11NO2. The fraction of sp³-hybridized carbons (Fsp3) is 0.0769. The van der Waals surface area contributed by atoms with Crippen molar-refractivity contribution in [2.75, 3.05) is 7.11 Å². The summed E-state index contributed by atoms with van der Waals surface area (Å²) in [5, 5.41) is 0.784. The number of nitrogens with zero attached hydrogens (tertiary/aromatic N) is 1. The van der Waals surface area contributed by atoms with Crippen LogP contribution in [0.1, 0.15) is 15.9 Å². The second-order valence-electron chi connectivity index (χ2n) is 3.33. The summed E-state index contributed by atoms with van der Waals surface area (Å²) in [5.74, 6) is -0.353. The minimum atomic E-state index is -0.353. The molecule has 0 spiro atoms. The van der Waals surface area contributed by atoms with Crippen LogP contribution in [0.3, 0.4) is 0 Å². The van der Waals surface area contributed by atoms with Crippen LogP contribution < -0.4 is 0 Å². The highest BCUT2D eigenvalue weighted by atomic mass is 16.5. The molecule has 0 radical (unpaired) electrons. The van der Waals surface area contributed by atoms with Crippen molar-refractivity contribution in [3.63, 3.8) is 0 Å². The maximum Gasteiger partial charge on any atom is 0.338 e. The summed E-state index contributed by atoms with van der Waals surface area (Å²) in [5.41, 5.74) is 2.25. The van der Waals surface area contributed by atoms with Gasteiger partial charge in [-0.3, -0.25) is 4.98 Å². The van der Waals surface area contributed by atoms with E-state index in [1.54, 1.807) is 18.3 Å². The van der Waals surface area contributed by atoms with Crippen LogP contribution in [0.2, 0.25) is 0 Å². The second-order valence-corrected chi connectivity index (χ2v) is 3.33. The molecule has 0 fully saturated rings. The topological polar surface area (TPSA) is 39.2 Å². The molecule has 1 heterocycles. The number of carbonyl (C=O) groups excluding carboxylic acids is 1. The molecule has 1 aromatic carbocycles. The van der Waals surface area contributed by atoms with E-state index in [0.717, 1.165) is 16.5 Å². The van der Waals surface area contributed by atoms with Crippen LogP contribution in [0.25, 0.3) is 17.0 Å². The quantitative estimate of drug-likeness (QED) is 0.720. The number of pyridine rings is 1. The lowest BCUT2D eigenvalue weighted by molar-refractivity contribution is 0.0603. The van der Waals surface area contributed by atoms with Gasteiger partial charge in [-0.15, -0.1) is 0 Å². The Balaban J connectivity index is 2.73. The normalized spacial score (nSPS) is 10.1. The molecule has 0 saturated carbocycles. The van der Waals surface area contributed by atoms with Crippen LogP contribution in [0.15, 0.2) is 37.0 Å². The third kappa shape index (κ3) is 1.67. The van der Waals surface area contributed by atoms with Gasteiger partial charge in [0.05, 0.1) is 18.2 Å². The Morgan fingerprint density at radius 1 is 1.44 bits per heavy atom. The standard InChI is InChI=1S/C13H11NO2/c1-3-9-4-5-12-11(8-9)10(6-7-14-12)13(15)16-2/h3-8H,1H2,2H3. The summed E-state index contributed by atoms with van der Waals surface area (Å²) in [7, 11) is 1.37. The van der Waals surface area contributed by atoms with Gasteiger partial charge >= 0.3 is 5.97 Å². The Bertz CT molecular complexity index is 561. The Kier molecular flexibility index (Phi) is 2.68. The van der Waals surface area contributed by atoms with Gasteiger partial charge in [-0.2, -0.15) is 0 Å². The molecule has 0 saturated heterocycles. The van der Waals surface area contributed by atoms with Gasteiger partial charge in [0.1, 0.15) is 0 Å². The summed E-state index contributed by atoms with van der Waals surface area (Å²) in [4.78, 5) is 15.7. The van der Waals surface area contributed by atoms with E-state index >= 15 is 0 Å². The van der Waals surface area contributed by atoms with Crippen molar-refractivity contribution >= 4 is 22.9 Å². The van der Waals surface area contributed by atoms with E-state index in [4.69, 9.17) is 4.74 Å². The first-order chi connectivity index (χ1) is 7.76. The summed E-state index contributed by atoms with van der Waals surface area (Å²) in [6.45, 7) is 3.70. The van der Waals surface area contributed by atoms with E-state index in [1.165, 1.54) is 7.11 Å². The van der Waals surface area contributed by atoms with Crippen LogP contribution in [0.4, 0.5) is 0 Å². The third-order valence-corrected chi connectivity index (χ3v) is 2.41. The molecule has 2 aromatic rings. The van der Waals surface area contributed by atoms with Gasteiger partial charge in [0.2, 0.25) is 0 Å². The van der Waals surface area contributed by atoms with Gasteiger partial charge in [-0.25, -0.2) is 4.79 Å². The first-order valence-electron chi connectivity index (χ1n) is 4.86. The number of fused-ring (bicyclic) bond motifs is 1. The van der Waals surface area contributed by atoms with Gasteiger partial charge < -0.3 is 4.74 Å². The summed E-state index contributed by atoms with van der Waals surface area (Å²) in [6, 6.07) is 7.30. The molecule has 2 rings (SSSR count). The average Bonchev–Trinajstić information content (AvgIpc) is 2.36. The molecular weight excluding hydrogens is 202 g/mol. The van der Waals surface area contributed by atoms with E-state index in [9.17, 15) is 4.79 Å². The van der Waals surface area contributed by atoms with E-state index < -0.39 is 0 Å². The van der Waals surface area contributed by atoms with Crippen molar-refractivity contribution in [2.45, 2.75) is 0 Å². The van der Waals surface area contributed by atoms with E-state index in [-0.39, 0.29) is 5.97 Å². The largest absolute Gasteiger partial charge is 0.465 e. The smallest absolute Gasteiger partial charge is 0.338 e. The van der Waals surface area contributed by atoms with Crippen LogP contribution >= 0.6 is 0 Å². The lowest BCUT2D eigenvalue weighted by atomic mass is 10.1. The summed E-state index contributed by atoms with van der Waals surface area (Å²) in [6.07, 6.45) is 3.33. The minimum Gasteiger partial charge on any atom is -0.465 e. The highest BCUT2D eigenvalue weighted by Crippen LogP contribution is 2.19. The van der Waals surface area contributed by atoms with Crippen molar-refractivity contribution < 1.29 is 9.53 Å². The molecule has 0 N–H and O–H groups in total. The highest BCUT2D eigenvalue weighted by molar-refractivity contribution is 6.03. The Labute approximate surface area is 93.4 Å². The molecule has 0 aliphatic rings. The average molecular weight is 213 g/mol. The molecule has 16 heavy (non-hydrogen) atoms. The van der Waals surface area contributed by atoms with E-state index in [1.807, 2.05) is 18.2 Å².